The first-order chi connectivity index (χ1) is 10.1. The van der Waals surface area contributed by atoms with Crippen molar-refractivity contribution in [2.24, 2.45) is 0 Å². The molecule has 1 aromatic carbocycles. The lowest BCUT2D eigenvalue weighted by molar-refractivity contribution is -0.384. The predicted octanol–water partition coefficient (Wildman–Crippen LogP) is 3.63. The molecule has 6 nitrogen and oxygen atoms in total. The van der Waals surface area contributed by atoms with Crippen LogP contribution >= 0.6 is 0 Å². The monoisotopic (exact) mass is 290 g/mol. The molecule has 1 aromatic heterocycles. The minimum Gasteiger partial charge on any atom is -0.490 e. The number of nitrogens with zero attached hydrogens (tertiary/aromatic N) is 1. The van der Waals surface area contributed by atoms with Gasteiger partial charge >= 0.3 is 5.69 Å². The Bertz CT molecular complexity index is 596. The Balaban J connectivity index is 2.06. The van der Waals surface area contributed by atoms with Gasteiger partial charge in [0.1, 0.15) is 11.4 Å². The number of para-hydroxylation sites is 1. The number of methoxy groups -OCH3 is 1. The van der Waals surface area contributed by atoms with E-state index in [9.17, 15) is 10.1 Å². The topological polar surface area (TPSA) is 77.5 Å². The van der Waals surface area contributed by atoms with Crippen LogP contribution in [0.4, 0.5) is 11.4 Å². The lowest BCUT2D eigenvalue weighted by Crippen LogP contribution is -2.17. The molecular weight excluding hydrogens is 272 g/mol. The largest absolute Gasteiger partial charge is 0.490 e. The van der Waals surface area contributed by atoms with Crippen LogP contribution in [0.15, 0.2) is 41.0 Å². The molecule has 2 rings (SSSR count). The van der Waals surface area contributed by atoms with Crippen LogP contribution in [0.5, 0.6) is 5.75 Å². The molecule has 1 heterocycles. The van der Waals surface area contributed by atoms with Gasteiger partial charge in [-0.05, 0) is 37.6 Å². The van der Waals surface area contributed by atoms with Crippen molar-refractivity contribution < 1.29 is 14.1 Å². The fourth-order valence-electron chi connectivity index (χ4n) is 2.14. The maximum absolute atomic E-state index is 11.2. The first-order valence-electron chi connectivity index (χ1n) is 6.72. The molecule has 2 aromatic rings. The molecule has 6 heteroatoms. The Kier molecular flexibility index (Phi) is 4.81. The van der Waals surface area contributed by atoms with Crippen LogP contribution in [-0.4, -0.2) is 18.1 Å². The van der Waals surface area contributed by atoms with Crippen LogP contribution in [0.25, 0.3) is 0 Å². The van der Waals surface area contributed by atoms with Crippen molar-refractivity contribution in [3.63, 3.8) is 0 Å². The van der Waals surface area contributed by atoms with E-state index < -0.39 is 4.92 Å². The van der Waals surface area contributed by atoms with E-state index in [1.165, 1.54) is 7.11 Å². The third-order valence-electron chi connectivity index (χ3n) is 3.21. The summed E-state index contributed by atoms with van der Waals surface area (Å²) in [5.41, 5.74) is 0.427. The Morgan fingerprint density at radius 2 is 2.19 bits per heavy atom. The minimum atomic E-state index is -0.430. The van der Waals surface area contributed by atoms with E-state index in [1.54, 1.807) is 24.5 Å². The second-order valence-corrected chi connectivity index (χ2v) is 4.78. The molecule has 0 fully saturated rings. The Hall–Kier alpha value is -2.50. The second-order valence-electron chi connectivity index (χ2n) is 4.78. The van der Waals surface area contributed by atoms with E-state index in [0.717, 1.165) is 18.6 Å². The molecule has 1 unspecified atom stereocenters. The van der Waals surface area contributed by atoms with Crippen molar-refractivity contribution in [3.05, 3.63) is 52.5 Å². The maximum Gasteiger partial charge on any atom is 0.333 e. The first-order valence-corrected chi connectivity index (χ1v) is 6.72. The lowest BCUT2D eigenvalue weighted by Gasteiger charge is -2.15. The summed E-state index contributed by atoms with van der Waals surface area (Å²) in [5.74, 6) is 1.16. The van der Waals surface area contributed by atoms with Gasteiger partial charge in [0.2, 0.25) is 0 Å². The van der Waals surface area contributed by atoms with E-state index in [4.69, 9.17) is 9.15 Å². The molecule has 0 aliphatic carbocycles. The molecule has 0 saturated carbocycles. The van der Waals surface area contributed by atoms with Crippen molar-refractivity contribution in [1.29, 1.82) is 0 Å². The molecule has 0 saturated heterocycles. The number of aryl methyl sites for hydroxylation is 1. The summed E-state index contributed by atoms with van der Waals surface area (Å²) in [7, 11) is 1.42. The number of anilines is 1. The first kappa shape index (κ1) is 14.9. The van der Waals surface area contributed by atoms with Crippen molar-refractivity contribution in [1.82, 2.24) is 0 Å². The number of nitro benzene ring substituents is 1. The van der Waals surface area contributed by atoms with Gasteiger partial charge in [0.15, 0.2) is 5.75 Å². The molecular formula is C15H18N2O4. The molecule has 0 spiro atoms. The molecule has 1 atom stereocenters. The van der Waals surface area contributed by atoms with E-state index in [0.29, 0.717) is 5.69 Å². The highest BCUT2D eigenvalue weighted by Gasteiger charge is 2.21. The zero-order valence-corrected chi connectivity index (χ0v) is 12.0. The van der Waals surface area contributed by atoms with Crippen LogP contribution in [0.1, 0.15) is 19.1 Å². The van der Waals surface area contributed by atoms with Crippen molar-refractivity contribution in [3.8, 4) is 5.75 Å². The summed E-state index contributed by atoms with van der Waals surface area (Å²) in [6.45, 7) is 1.98. The van der Waals surface area contributed by atoms with Crippen LogP contribution in [0.2, 0.25) is 0 Å². The number of ether oxygens (including phenoxy) is 1. The smallest absolute Gasteiger partial charge is 0.333 e. The number of nitrogens with one attached hydrogen (secondary N) is 1. The van der Waals surface area contributed by atoms with Crippen molar-refractivity contribution >= 4 is 11.4 Å². The number of hydrogen-bond donors (Lipinski definition) is 1. The summed E-state index contributed by atoms with van der Waals surface area (Å²) in [6.07, 6.45) is 3.22. The van der Waals surface area contributed by atoms with Crippen LogP contribution in [0.3, 0.4) is 0 Å². The number of benzene rings is 1. The normalized spacial score (nSPS) is 11.9. The average Bonchev–Trinajstić information content (AvgIpc) is 2.97. The predicted molar refractivity (Wildman–Crippen MR) is 79.8 cm³/mol. The molecule has 1 N–H and O–H groups in total. The standard InChI is InChI=1S/C15H18N2O4/c1-11(8-9-12-5-4-10-21-12)16-13-6-3-7-14(20-2)15(13)17(18)19/h3-7,10-11,16H,8-9H2,1-2H3. The second kappa shape index (κ2) is 6.78. The van der Waals surface area contributed by atoms with Gasteiger partial charge in [-0.3, -0.25) is 10.1 Å². The highest BCUT2D eigenvalue weighted by Crippen LogP contribution is 2.34. The summed E-state index contributed by atoms with van der Waals surface area (Å²) < 4.78 is 10.3. The average molecular weight is 290 g/mol. The van der Waals surface area contributed by atoms with Gasteiger partial charge in [0.05, 0.1) is 18.3 Å². The molecule has 21 heavy (non-hydrogen) atoms. The molecule has 0 amide bonds. The van der Waals surface area contributed by atoms with Crippen molar-refractivity contribution in [2.45, 2.75) is 25.8 Å². The summed E-state index contributed by atoms with van der Waals surface area (Å²) in [5, 5.41) is 14.4. The third kappa shape index (κ3) is 3.75. The molecule has 0 aliphatic rings. The summed E-state index contributed by atoms with van der Waals surface area (Å²) in [6, 6.07) is 8.83. The maximum atomic E-state index is 11.2. The fourth-order valence-corrected chi connectivity index (χ4v) is 2.14. The van der Waals surface area contributed by atoms with E-state index in [-0.39, 0.29) is 17.5 Å². The van der Waals surface area contributed by atoms with E-state index in [1.807, 2.05) is 19.1 Å². The summed E-state index contributed by atoms with van der Waals surface area (Å²) in [4.78, 5) is 10.8. The fraction of sp³-hybridized carbons (Fsp3) is 0.333. The third-order valence-corrected chi connectivity index (χ3v) is 3.21. The SMILES string of the molecule is COc1cccc(NC(C)CCc2ccco2)c1[N+](=O)[O-]. The number of nitro groups is 1. The highest BCUT2D eigenvalue weighted by atomic mass is 16.6. The van der Waals surface area contributed by atoms with Gasteiger partial charge in [-0.1, -0.05) is 6.07 Å². The molecule has 0 aliphatic heterocycles. The van der Waals surface area contributed by atoms with Gasteiger partial charge in [0.25, 0.3) is 0 Å². The molecule has 0 radical (unpaired) electrons. The molecule has 0 bridgehead atoms. The van der Waals surface area contributed by atoms with Gasteiger partial charge in [-0.25, -0.2) is 0 Å². The lowest BCUT2D eigenvalue weighted by atomic mass is 10.1. The summed E-state index contributed by atoms with van der Waals surface area (Å²) >= 11 is 0. The van der Waals surface area contributed by atoms with E-state index >= 15 is 0 Å². The zero-order chi connectivity index (χ0) is 15.2. The van der Waals surface area contributed by atoms with Crippen LogP contribution in [-0.2, 0) is 6.42 Å². The number of furan rings is 1. The Labute approximate surface area is 122 Å². The zero-order valence-electron chi connectivity index (χ0n) is 12.0. The van der Waals surface area contributed by atoms with Crippen molar-refractivity contribution in [2.75, 3.05) is 12.4 Å². The van der Waals surface area contributed by atoms with Crippen LogP contribution in [0, 0.1) is 10.1 Å². The highest BCUT2D eigenvalue weighted by molar-refractivity contribution is 5.68. The number of rotatable bonds is 7. The Morgan fingerprint density at radius 3 is 2.81 bits per heavy atom. The van der Waals surface area contributed by atoms with Gasteiger partial charge in [-0.2, -0.15) is 0 Å². The van der Waals surface area contributed by atoms with Gasteiger partial charge in [0, 0.05) is 12.5 Å². The van der Waals surface area contributed by atoms with Gasteiger partial charge in [-0.15, -0.1) is 0 Å². The Morgan fingerprint density at radius 1 is 1.38 bits per heavy atom. The van der Waals surface area contributed by atoms with E-state index in [2.05, 4.69) is 5.32 Å². The quantitative estimate of drug-likeness (QED) is 0.622. The van der Waals surface area contributed by atoms with Crippen LogP contribution < -0.4 is 10.1 Å². The minimum absolute atomic E-state index is 0.0372. The number of hydrogen-bond acceptors (Lipinski definition) is 5. The van der Waals surface area contributed by atoms with Gasteiger partial charge < -0.3 is 14.5 Å². The molecule has 112 valence electrons.